The van der Waals surface area contributed by atoms with E-state index in [0.29, 0.717) is 0 Å². The van der Waals surface area contributed by atoms with Crippen molar-refractivity contribution in [3.05, 3.63) is 313 Å². The zero-order valence-corrected chi connectivity index (χ0v) is 45.6. The molecule has 13 rings (SSSR count). The van der Waals surface area contributed by atoms with E-state index in [0.717, 1.165) is 75.3 Å². The van der Waals surface area contributed by atoms with Crippen LogP contribution in [0.25, 0.3) is 84.2 Å². The number of halogens is 1. The molecule has 0 spiro atoms. The third kappa shape index (κ3) is 9.80. The number of hydrogen-bond donors (Lipinski definition) is 0. The molecule has 1 heterocycles. The van der Waals surface area contributed by atoms with Crippen molar-refractivity contribution in [2.75, 3.05) is 4.90 Å². The molecule has 0 amide bonds. The van der Waals surface area contributed by atoms with Crippen molar-refractivity contribution < 1.29 is 4.39 Å². The van der Waals surface area contributed by atoms with Gasteiger partial charge < -0.3 is 9.47 Å². The molecular weight excluding hydrogens is 984 g/mol. The van der Waals surface area contributed by atoms with Crippen LogP contribution in [0.15, 0.2) is 274 Å². The van der Waals surface area contributed by atoms with Gasteiger partial charge in [0.1, 0.15) is 5.82 Å². The Balaban J connectivity index is 0.876. The molecule has 0 saturated heterocycles. The monoisotopic (exact) mass is 1050 g/mol. The summed E-state index contributed by atoms with van der Waals surface area (Å²) in [6.07, 6.45) is 11.8. The highest BCUT2D eigenvalue weighted by Gasteiger charge is 2.44. The smallest absolute Gasteiger partial charge is 0.123 e. The predicted molar refractivity (Wildman–Crippen MR) is 342 cm³/mol. The van der Waals surface area contributed by atoms with Crippen LogP contribution in [0.5, 0.6) is 0 Å². The minimum atomic E-state index is -0.336. The lowest BCUT2D eigenvalue weighted by molar-refractivity contribution is 0.507. The number of aryl methyl sites for hydroxylation is 1. The minimum absolute atomic E-state index is 0.240. The highest BCUT2D eigenvalue weighted by atomic mass is 19.1. The van der Waals surface area contributed by atoms with Gasteiger partial charge in [-0.15, -0.1) is 0 Å². The number of rotatable bonds is 18. The fourth-order valence-corrected chi connectivity index (χ4v) is 12.8. The fourth-order valence-electron chi connectivity index (χ4n) is 12.8. The van der Waals surface area contributed by atoms with Crippen LogP contribution in [0.1, 0.15) is 71.9 Å². The second kappa shape index (κ2) is 22.3. The van der Waals surface area contributed by atoms with Gasteiger partial charge in [-0.3, -0.25) is 0 Å². The molecule has 3 heteroatoms. The van der Waals surface area contributed by atoms with E-state index in [1.807, 2.05) is 24.3 Å². The topological polar surface area (TPSA) is 8.17 Å². The van der Waals surface area contributed by atoms with Crippen molar-refractivity contribution in [3.8, 4) is 50.2 Å². The third-order valence-electron chi connectivity index (χ3n) is 16.9. The van der Waals surface area contributed by atoms with E-state index in [9.17, 15) is 4.39 Å². The normalized spacial score (nSPS) is 13.5. The highest BCUT2D eigenvalue weighted by Crippen LogP contribution is 2.56. The summed E-state index contributed by atoms with van der Waals surface area (Å²) in [5.74, 6) is -0.240. The van der Waals surface area contributed by atoms with Crippen molar-refractivity contribution in [1.29, 1.82) is 0 Å². The second-order valence-electron chi connectivity index (χ2n) is 21.7. The van der Waals surface area contributed by atoms with E-state index in [4.69, 9.17) is 0 Å². The first kappa shape index (κ1) is 50.9. The quantitative estimate of drug-likeness (QED) is 0.0778. The molecule has 12 aromatic rings. The predicted octanol–water partition coefficient (Wildman–Crippen LogP) is 21.6. The van der Waals surface area contributed by atoms with Crippen molar-refractivity contribution in [2.24, 2.45) is 0 Å². The molecule has 0 aliphatic heterocycles. The second-order valence-corrected chi connectivity index (χ2v) is 21.7. The molecule has 1 unspecified atom stereocenters. The third-order valence-corrected chi connectivity index (χ3v) is 16.9. The number of nitrogens with zero attached hydrogens (tertiary/aromatic N) is 2. The van der Waals surface area contributed by atoms with Gasteiger partial charge in [0.15, 0.2) is 0 Å². The summed E-state index contributed by atoms with van der Waals surface area (Å²) in [5.41, 5.74) is 23.3. The van der Waals surface area contributed by atoms with Crippen LogP contribution in [0.4, 0.5) is 21.5 Å². The molecule has 0 saturated carbocycles. The first-order valence-corrected chi connectivity index (χ1v) is 28.6. The maximum atomic E-state index is 14.1. The summed E-state index contributed by atoms with van der Waals surface area (Å²) in [6, 6.07) is 94.0. The number of benzene rings is 11. The first-order chi connectivity index (χ1) is 39.9. The summed E-state index contributed by atoms with van der Waals surface area (Å²) < 4.78 is 16.5. The lowest BCUT2D eigenvalue weighted by atomic mass is 9.69. The van der Waals surface area contributed by atoms with Crippen LogP contribution in [0.3, 0.4) is 0 Å². The average molecular weight is 1050 g/mol. The van der Waals surface area contributed by atoms with Crippen molar-refractivity contribution in [3.63, 3.8) is 0 Å². The Labute approximate surface area is 476 Å². The molecular formula is C78H63FN2. The number of unbranched alkanes of at least 4 members (excludes halogenated alkanes) is 4. The number of para-hydroxylation sites is 1. The van der Waals surface area contributed by atoms with Crippen LogP contribution in [0, 0.1) is 5.82 Å². The van der Waals surface area contributed by atoms with Gasteiger partial charge in [-0.1, -0.05) is 227 Å². The summed E-state index contributed by atoms with van der Waals surface area (Å²) in [7, 11) is 0. The maximum absolute atomic E-state index is 14.1. The molecule has 0 N–H and O–H groups in total. The van der Waals surface area contributed by atoms with E-state index >= 15 is 0 Å². The Bertz CT molecular complexity index is 4190. The number of hydrogen-bond acceptors (Lipinski definition) is 1. The zero-order chi connectivity index (χ0) is 54.7. The molecule has 1 aromatic heterocycles. The first-order valence-electron chi connectivity index (χ1n) is 28.6. The number of fused-ring (bicyclic) bond motifs is 6. The lowest BCUT2D eigenvalue weighted by Gasteiger charge is -2.34. The van der Waals surface area contributed by atoms with Gasteiger partial charge in [0, 0.05) is 38.9 Å². The molecule has 0 radical (unpaired) electrons. The molecule has 392 valence electrons. The average Bonchev–Trinajstić information content (AvgIpc) is 4.25. The van der Waals surface area contributed by atoms with Crippen LogP contribution < -0.4 is 4.90 Å². The minimum Gasteiger partial charge on any atom is -0.310 e. The van der Waals surface area contributed by atoms with Gasteiger partial charge in [0.2, 0.25) is 0 Å². The summed E-state index contributed by atoms with van der Waals surface area (Å²) in [6.45, 7) is 7.89. The molecule has 1 aliphatic rings. The van der Waals surface area contributed by atoms with Crippen LogP contribution in [0.2, 0.25) is 0 Å². The summed E-state index contributed by atoms with van der Waals surface area (Å²) >= 11 is 0. The zero-order valence-electron chi connectivity index (χ0n) is 45.6. The van der Waals surface area contributed by atoms with E-state index in [-0.39, 0.29) is 11.2 Å². The van der Waals surface area contributed by atoms with E-state index < -0.39 is 0 Å². The van der Waals surface area contributed by atoms with Crippen LogP contribution in [-0.4, -0.2) is 4.57 Å². The highest BCUT2D eigenvalue weighted by molar-refractivity contribution is 6.11. The van der Waals surface area contributed by atoms with Crippen molar-refractivity contribution in [1.82, 2.24) is 4.57 Å². The van der Waals surface area contributed by atoms with Gasteiger partial charge in [-0.05, 0) is 182 Å². The Morgan fingerprint density at radius 3 is 1.47 bits per heavy atom. The summed E-state index contributed by atoms with van der Waals surface area (Å²) in [5, 5.41) is 2.41. The lowest BCUT2D eigenvalue weighted by Crippen LogP contribution is -2.27. The Morgan fingerprint density at radius 2 is 0.864 bits per heavy atom. The van der Waals surface area contributed by atoms with E-state index in [2.05, 4.69) is 259 Å². The number of anilines is 3. The molecule has 1 aliphatic carbocycles. The van der Waals surface area contributed by atoms with Gasteiger partial charge in [-0.2, -0.15) is 0 Å². The van der Waals surface area contributed by atoms with Gasteiger partial charge in [0.25, 0.3) is 0 Å². The molecule has 2 nitrogen and oxygen atoms in total. The Kier molecular flexibility index (Phi) is 14.0. The van der Waals surface area contributed by atoms with Gasteiger partial charge >= 0.3 is 0 Å². The van der Waals surface area contributed by atoms with Crippen LogP contribution in [-0.2, 0) is 11.8 Å². The summed E-state index contributed by atoms with van der Waals surface area (Å²) in [4.78, 5) is 2.40. The molecule has 81 heavy (non-hydrogen) atoms. The van der Waals surface area contributed by atoms with Crippen LogP contribution >= 0.6 is 0 Å². The Morgan fingerprint density at radius 1 is 0.395 bits per heavy atom. The van der Waals surface area contributed by atoms with Gasteiger partial charge in [0.05, 0.1) is 11.0 Å². The Hall–Kier alpha value is -9.57. The molecule has 1 atom stereocenters. The van der Waals surface area contributed by atoms with Gasteiger partial charge in [-0.25, -0.2) is 4.39 Å². The molecule has 0 fully saturated rings. The van der Waals surface area contributed by atoms with E-state index in [1.165, 1.54) is 104 Å². The van der Waals surface area contributed by atoms with Crippen molar-refractivity contribution in [2.45, 2.75) is 50.4 Å². The SMILES string of the molecule is C=Cc1ccc(CCCCCCCC2(c3ccccc3)c3ccccc3-c3ccc(N(c4ccc(-c5ccc(F)cc5)cc4)c4ccc(-c5ccc6c(c5)c5cc(-c7ccc(C=C)cc7)ccc5n6-c5ccccc5)cc4)cc32)cc1. The molecule has 0 bridgehead atoms. The fraction of sp³-hybridized carbons (Fsp3) is 0.103. The standard InChI is InChI=1S/C78H63FN2/c1-3-55-25-27-57(28-26-55)18-10-6-5-7-17-51-78(64-19-11-8-12-20-64)74-24-16-15-23-70(74)71-48-47-69(54-75(71)78)80(67-43-35-59(36-44-67)58-33-41-65(79)42-34-58)68-45-37-61(38-46-68)63-40-50-77-73(53-63)72-52-62(60-31-29-56(4-2)30-32-60)39-49-76(72)81(77)66-21-13-9-14-22-66/h3-4,8-9,11-16,19-50,52-54H,1-2,5-7,10,17-18,51H2. The maximum Gasteiger partial charge on any atom is 0.123 e. The van der Waals surface area contributed by atoms with E-state index in [1.54, 1.807) is 0 Å². The largest absolute Gasteiger partial charge is 0.310 e. The molecule has 11 aromatic carbocycles. The number of aromatic nitrogens is 1. The van der Waals surface area contributed by atoms with Crippen molar-refractivity contribution >= 4 is 51.0 Å².